The maximum absolute atomic E-state index is 13.9. The highest BCUT2D eigenvalue weighted by Crippen LogP contribution is 2.17. The van der Waals surface area contributed by atoms with Gasteiger partial charge in [0.1, 0.15) is 5.82 Å². The number of hydrogen-bond acceptors (Lipinski definition) is 3. The van der Waals surface area contributed by atoms with Crippen LogP contribution >= 0.6 is 0 Å². The molecule has 5 nitrogen and oxygen atoms in total. The summed E-state index contributed by atoms with van der Waals surface area (Å²) in [7, 11) is 0. The molecule has 0 radical (unpaired) electrons. The van der Waals surface area contributed by atoms with Gasteiger partial charge in [-0.3, -0.25) is 4.79 Å². The van der Waals surface area contributed by atoms with Crippen LogP contribution in [0.4, 0.5) is 4.39 Å². The molecule has 1 aliphatic rings. The van der Waals surface area contributed by atoms with Gasteiger partial charge in [-0.05, 0) is 32.0 Å². The average Bonchev–Trinajstić information content (AvgIpc) is 2.36. The first-order valence-electron chi connectivity index (χ1n) is 6.36. The molecular formula is C14H16FNO4. The summed E-state index contributed by atoms with van der Waals surface area (Å²) < 4.78 is 19.4. The van der Waals surface area contributed by atoms with Crippen LogP contribution in [0.25, 0.3) is 0 Å². The summed E-state index contributed by atoms with van der Waals surface area (Å²) in [5.74, 6) is -2.49. The van der Waals surface area contributed by atoms with E-state index in [-0.39, 0.29) is 23.3 Å². The molecule has 1 saturated heterocycles. The fourth-order valence-electron chi connectivity index (χ4n) is 2.34. The first kappa shape index (κ1) is 14.5. The second-order valence-electron chi connectivity index (χ2n) is 4.97. The van der Waals surface area contributed by atoms with Gasteiger partial charge in [0, 0.05) is 13.1 Å². The predicted octanol–water partition coefficient (Wildman–Crippen LogP) is 1.77. The van der Waals surface area contributed by atoms with Crippen LogP contribution in [-0.4, -0.2) is 47.2 Å². The first-order valence-corrected chi connectivity index (χ1v) is 6.36. The van der Waals surface area contributed by atoms with Gasteiger partial charge in [-0.2, -0.15) is 0 Å². The van der Waals surface area contributed by atoms with Gasteiger partial charge < -0.3 is 14.7 Å². The molecule has 0 saturated carbocycles. The molecule has 1 N–H and O–H groups in total. The topological polar surface area (TPSA) is 66.8 Å². The Morgan fingerprint density at radius 3 is 2.40 bits per heavy atom. The Morgan fingerprint density at radius 2 is 1.90 bits per heavy atom. The van der Waals surface area contributed by atoms with E-state index in [1.54, 1.807) is 0 Å². The van der Waals surface area contributed by atoms with Crippen molar-refractivity contribution in [3.8, 4) is 0 Å². The fourth-order valence-corrected chi connectivity index (χ4v) is 2.34. The van der Waals surface area contributed by atoms with E-state index >= 15 is 0 Å². The molecule has 0 spiro atoms. The standard InChI is InChI=1S/C14H16FNO4/c1-8-6-16(7-9(2)20-8)13(17)11-4-3-10(14(18)19)5-12(11)15/h3-5,8-9H,6-7H2,1-2H3,(H,18,19)/t8-,9+. The number of ether oxygens (including phenoxy) is 1. The summed E-state index contributed by atoms with van der Waals surface area (Å²) in [6, 6.07) is 3.31. The number of rotatable bonds is 2. The molecule has 2 atom stereocenters. The van der Waals surface area contributed by atoms with Crippen LogP contribution in [0.15, 0.2) is 18.2 Å². The van der Waals surface area contributed by atoms with Gasteiger partial charge in [0.25, 0.3) is 5.91 Å². The van der Waals surface area contributed by atoms with Crippen molar-refractivity contribution in [1.82, 2.24) is 4.90 Å². The zero-order valence-corrected chi connectivity index (χ0v) is 11.3. The smallest absolute Gasteiger partial charge is 0.335 e. The molecule has 0 unspecified atom stereocenters. The Balaban J connectivity index is 2.23. The van der Waals surface area contributed by atoms with E-state index < -0.39 is 17.7 Å². The summed E-state index contributed by atoms with van der Waals surface area (Å²) in [5.41, 5.74) is -0.293. The molecule has 2 rings (SSSR count). The number of aromatic carboxylic acids is 1. The van der Waals surface area contributed by atoms with Crippen molar-refractivity contribution in [3.05, 3.63) is 35.1 Å². The Morgan fingerprint density at radius 1 is 1.30 bits per heavy atom. The fraction of sp³-hybridized carbons (Fsp3) is 0.429. The van der Waals surface area contributed by atoms with Crippen molar-refractivity contribution in [2.75, 3.05) is 13.1 Å². The zero-order valence-electron chi connectivity index (χ0n) is 11.3. The zero-order chi connectivity index (χ0) is 14.9. The molecule has 1 amide bonds. The molecule has 108 valence electrons. The Hall–Kier alpha value is -1.95. The minimum Gasteiger partial charge on any atom is -0.478 e. The van der Waals surface area contributed by atoms with Crippen molar-refractivity contribution >= 4 is 11.9 Å². The number of carboxylic acid groups (broad SMARTS) is 1. The number of benzene rings is 1. The van der Waals surface area contributed by atoms with Gasteiger partial charge in [-0.1, -0.05) is 0 Å². The second-order valence-corrected chi connectivity index (χ2v) is 4.97. The van der Waals surface area contributed by atoms with Crippen LogP contribution in [-0.2, 0) is 4.74 Å². The summed E-state index contributed by atoms with van der Waals surface area (Å²) in [6.45, 7) is 4.48. The van der Waals surface area contributed by atoms with E-state index in [9.17, 15) is 14.0 Å². The number of carboxylic acids is 1. The molecule has 1 aromatic carbocycles. The van der Waals surface area contributed by atoms with E-state index in [1.165, 1.54) is 17.0 Å². The van der Waals surface area contributed by atoms with Crippen molar-refractivity contribution in [1.29, 1.82) is 0 Å². The van der Waals surface area contributed by atoms with E-state index in [4.69, 9.17) is 9.84 Å². The molecule has 1 aliphatic heterocycles. The van der Waals surface area contributed by atoms with E-state index in [1.807, 2.05) is 13.8 Å². The van der Waals surface area contributed by atoms with Gasteiger partial charge in [0.05, 0.1) is 23.3 Å². The molecule has 6 heteroatoms. The minimum atomic E-state index is -1.23. The number of hydrogen-bond donors (Lipinski definition) is 1. The lowest BCUT2D eigenvalue weighted by Gasteiger charge is -2.35. The summed E-state index contributed by atoms with van der Waals surface area (Å²) >= 11 is 0. The Kier molecular flexibility index (Phi) is 4.04. The maximum Gasteiger partial charge on any atom is 0.335 e. The molecular weight excluding hydrogens is 265 g/mol. The van der Waals surface area contributed by atoms with Crippen LogP contribution in [0.3, 0.4) is 0 Å². The third-order valence-electron chi connectivity index (χ3n) is 3.15. The summed E-state index contributed by atoms with van der Waals surface area (Å²) in [4.78, 5) is 24.5. The minimum absolute atomic E-state index is 0.107. The van der Waals surface area contributed by atoms with E-state index in [2.05, 4.69) is 0 Å². The third-order valence-corrected chi connectivity index (χ3v) is 3.15. The van der Waals surface area contributed by atoms with Gasteiger partial charge in [0.15, 0.2) is 0 Å². The highest BCUT2D eigenvalue weighted by Gasteiger charge is 2.28. The van der Waals surface area contributed by atoms with Crippen molar-refractivity contribution < 1.29 is 23.8 Å². The van der Waals surface area contributed by atoms with Crippen molar-refractivity contribution in [2.24, 2.45) is 0 Å². The van der Waals surface area contributed by atoms with Crippen LogP contribution < -0.4 is 0 Å². The number of nitrogens with zero attached hydrogens (tertiary/aromatic N) is 1. The number of morpholine rings is 1. The molecule has 1 heterocycles. The molecule has 1 aromatic rings. The highest BCUT2D eigenvalue weighted by molar-refractivity contribution is 5.96. The van der Waals surface area contributed by atoms with Gasteiger partial charge in [0.2, 0.25) is 0 Å². The van der Waals surface area contributed by atoms with E-state index in [0.717, 1.165) is 6.07 Å². The van der Waals surface area contributed by atoms with Crippen LogP contribution in [0, 0.1) is 5.82 Å². The molecule has 20 heavy (non-hydrogen) atoms. The van der Waals surface area contributed by atoms with Crippen molar-refractivity contribution in [2.45, 2.75) is 26.1 Å². The monoisotopic (exact) mass is 281 g/mol. The third kappa shape index (κ3) is 2.96. The number of halogens is 1. The van der Waals surface area contributed by atoms with Crippen LogP contribution in [0.2, 0.25) is 0 Å². The lowest BCUT2D eigenvalue weighted by Crippen LogP contribution is -2.48. The largest absolute Gasteiger partial charge is 0.478 e. The second kappa shape index (κ2) is 5.58. The molecule has 0 aliphatic carbocycles. The quantitative estimate of drug-likeness (QED) is 0.897. The van der Waals surface area contributed by atoms with Crippen LogP contribution in [0.1, 0.15) is 34.6 Å². The summed E-state index contributed by atoms with van der Waals surface area (Å²) in [5, 5.41) is 8.78. The van der Waals surface area contributed by atoms with Crippen LogP contribution in [0.5, 0.6) is 0 Å². The average molecular weight is 281 g/mol. The summed E-state index contributed by atoms with van der Waals surface area (Å²) in [6.07, 6.45) is -0.215. The molecule has 0 aromatic heterocycles. The number of carbonyl (C=O) groups excluding carboxylic acids is 1. The Bertz CT molecular complexity index is 536. The van der Waals surface area contributed by atoms with E-state index in [0.29, 0.717) is 13.1 Å². The maximum atomic E-state index is 13.9. The van der Waals surface area contributed by atoms with Crippen molar-refractivity contribution in [3.63, 3.8) is 0 Å². The molecule has 0 bridgehead atoms. The van der Waals surface area contributed by atoms with Gasteiger partial charge in [-0.15, -0.1) is 0 Å². The van der Waals surface area contributed by atoms with Gasteiger partial charge in [-0.25, -0.2) is 9.18 Å². The Labute approximate surface area is 116 Å². The number of carbonyl (C=O) groups is 2. The first-order chi connectivity index (χ1) is 9.38. The number of amides is 1. The molecule has 1 fully saturated rings. The lowest BCUT2D eigenvalue weighted by atomic mass is 10.1. The SMILES string of the molecule is C[C@@H]1CN(C(=O)c2ccc(C(=O)O)cc2F)C[C@H](C)O1. The predicted molar refractivity (Wildman–Crippen MR) is 69.3 cm³/mol. The highest BCUT2D eigenvalue weighted by atomic mass is 19.1. The lowest BCUT2D eigenvalue weighted by molar-refractivity contribution is -0.0587. The van der Waals surface area contributed by atoms with Gasteiger partial charge >= 0.3 is 5.97 Å². The normalized spacial score (nSPS) is 22.6.